The molecular formula is C27H26N8O. The van der Waals surface area contributed by atoms with E-state index in [1.807, 2.05) is 78.1 Å². The Morgan fingerprint density at radius 3 is 2.61 bits per heavy atom. The maximum Gasteiger partial charge on any atom is 0.250 e. The van der Waals surface area contributed by atoms with E-state index < -0.39 is 0 Å². The lowest BCUT2D eigenvalue weighted by molar-refractivity contribution is -0.112. The molecule has 4 heterocycles. The highest BCUT2D eigenvalue weighted by molar-refractivity contribution is 6.08. The van der Waals surface area contributed by atoms with Crippen LogP contribution in [0.1, 0.15) is 18.3 Å². The van der Waals surface area contributed by atoms with Crippen LogP contribution in [0.5, 0.6) is 0 Å². The van der Waals surface area contributed by atoms with Crippen LogP contribution in [-0.2, 0) is 18.4 Å². The second-order valence-corrected chi connectivity index (χ2v) is 8.75. The highest BCUT2D eigenvalue weighted by Crippen LogP contribution is 2.41. The summed E-state index contributed by atoms with van der Waals surface area (Å²) in [6, 6.07) is 13.6. The van der Waals surface area contributed by atoms with Crippen molar-refractivity contribution in [3.63, 3.8) is 0 Å². The zero-order valence-electron chi connectivity index (χ0n) is 20.4. The molecule has 9 heteroatoms. The van der Waals surface area contributed by atoms with Crippen LogP contribution in [0.3, 0.4) is 0 Å². The molecule has 4 aromatic heterocycles. The number of benzene rings is 1. The van der Waals surface area contributed by atoms with Gasteiger partial charge in [0, 0.05) is 41.3 Å². The summed E-state index contributed by atoms with van der Waals surface area (Å²) in [5.74, 6) is 0.182. The minimum atomic E-state index is -0.216. The Morgan fingerprint density at radius 1 is 1.11 bits per heavy atom. The standard InChI is InChI=1S/C27H26N8O/c1-16(2)27(36)33-20-10-8-18(9-11-20)24-22(23-25(28)29-15-30-26(23)34(24)4)19-12-31-35(13-19)14-21-7-5-6-17(3)32-21/h5-13,15H,1,14H2,2-4H3,(H,33,36)(H2,28,29,30). The van der Waals surface area contributed by atoms with Gasteiger partial charge in [-0.2, -0.15) is 5.10 Å². The van der Waals surface area contributed by atoms with Gasteiger partial charge in [0.05, 0.1) is 29.5 Å². The van der Waals surface area contributed by atoms with Crippen LogP contribution >= 0.6 is 0 Å². The fraction of sp³-hybridized carbons (Fsp3) is 0.148. The zero-order valence-corrected chi connectivity index (χ0v) is 20.4. The van der Waals surface area contributed by atoms with Gasteiger partial charge in [0.2, 0.25) is 0 Å². The summed E-state index contributed by atoms with van der Waals surface area (Å²) in [4.78, 5) is 25.3. The van der Waals surface area contributed by atoms with E-state index >= 15 is 0 Å². The number of nitrogens with two attached hydrogens (primary N) is 1. The molecule has 5 aromatic rings. The number of hydrogen-bond donors (Lipinski definition) is 2. The summed E-state index contributed by atoms with van der Waals surface area (Å²) in [6.07, 6.45) is 5.27. The lowest BCUT2D eigenvalue weighted by Gasteiger charge is -2.10. The van der Waals surface area contributed by atoms with Crippen LogP contribution in [-0.4, -0.2) is 35.2 Å². The number of aryl methyl sites for hydroxylation is 2. The van der Waals surface area contributed by atoms with Crippen molar-refractivity contribution in [2.75, 3.05) is 11.1 Å². The first-order chi connectivity index (χ1) is 17.3. The summed E-state index contributed by atoms with van der Waals surface area (Å²) in [5, 5.41) is 8.20. The number of fused-ring (bicyclic) bond motifs is 1. The Labute approximate surface area is 208 Å². The van der Waals surface area contributed by atoms with E-state index in [4.69, 9.17) is 5.73 Å². The van der Waals surface area contributed by atoms with Crippen LogP contribution in [0.15, 0.2) is 73.3 Å². The first-order valence-corrected chi connectivity index (χ1v) is 11.4. The molecule has 1 amide bonds. The molecular weight excluding hydrogens is 452 g/mol. The first-order valence-electron chi connectivity index (χ1n) is 11.4. The molecule has 180 valence electrons. The van der Waals surface area contributed by atoms with Crippen LogP contribution in [0, 0.1) is 6.92 Å². The molecule has 0 fully saturated rings. The molecule has 0 aliphatic carbocycles. The molecule has 0 saturated heterocycles. The summed E-state index contributed by atoms with van der Waals surface area (Å²) >= 11 is 0. The maximum absolute atomic E-state index is 12.0. The van der Waals surface area contributed by atoms with Crippen molar-refractivity contribution in [3.8, 4) is 22.4 Å². The van der Waals surface area contributed by atoms with E-state index in [2.05, 4.69) is 31.9 Å². The van der Waals surface area contributed by atoms with E-state index in [9.17, 15) is 4.79 Å². The predicted octanol–water partition coefficient (Wildman–Crippen LogP) is 4.35. The van der Waals surface area contributed by atoms with E-state index in [1.54, 1.807) is 6.92 Å². The average Bonchev–Trinajstić information content (AvgIpc) is 3.42. The molecule has 0 atom stereocenters. The minimum Gasteiger partial charge on any atom is -0.383 e. The minimum absolute atomic E-state index is 0.216. The third-order valence-corrected chi connectivity index (χ3v) is 5.99. The predicted molar refractivity (Wildman–Crippen MR) is 141 cm³/mol. The van der Waals surface area contributed by atoms with Gasteiger partial charge in [-0.05, 0) is 43.7 Å². The van der Waals surface area contributed by atoms with E-state index in [1.165, 1.54) is 6.33 Å². The number of aromatic nitrogens is 6. The number of nitrogens with one attached hydrogen (secondary N) is 1. The lowest BCUT2D eigenvalue weighted by atomic mass is 10.0. The third-order valence-electron chi connectivity index (χ3n) is 5.99. The topological polar surface area (TPSA) is 117 Å². The summed E-state index contributed by atoms with van der Waals surface area (Å²) in [7, 11) is 1.95. The fourth-order valence-corrected chi connectivity index (χ4v) is 4.28. The first kappa shape index (κ1) is 23.0. The molecule has 9 nitrogen and oxygen atoms in total. The Hall–Kier alpha value is -4.79. The SMILES string of the molecule is C=C(C)C(=O)Nc1ccc(-c2c(-c3cnn(Cc4cccc(C)n4)c3)c3c(N)ncnc3n2C)cc1. The summed E-state index contributed by atoms with van der Waals surface area (Å²) in [6.45, 7) is 7.88. The van der Waals surface area contributed by atoms with E-state index in [0.717, 1.165) is 44.8 Å². The molecule has 36 heavy (non-hydrogen) atoms. The van der Waals surface area contributed by atoms with Gasteiger partial charge >= 0.3 is 0 Å². The fourth-order valence-electron chi connectivity index (χ4n) is 4.28. The van der Waals surface area contributed by atoms with Crippen LogP contribution in [0.4, 0.5) is 11.5 Å². The Kier molecular flexibility index (Phi) is 5.81. The van der Waals surface area contributed by atoms with Gasteiger partial charge in [-0.1, -0.05) is 24.8 Å². The molecule has 0 bridgehead atoms. The highest BCUT2D eigenvalue weighted by Gasteiger charge is 2.23. The summed E-state index contributed by atoms with van der Waals surface area (Å²) in [5.41, 5.74) is 13.7. The lowest BCUT2D eigenvalue weighted by Crippen LogP contribution is -2.11. The number of amides is 1. The van der Waals surface area contributed by atoms with Gasteiger partial charge in [-0.15, -0.1) is 0 Å². The van der Waals surface area contributed by atoms with E-state index in [0.29, 0.717) is 23.6 Å². The van der Waals surface area contributed by atoms with Crippen molar-refractivity contribution >= 4 is 28.4 Å². The molecule has 3 N–H and O–H groups in total. The second-order valence-electron chi connectivity index (χ2n) is 8.75. The quantitative estimate of drug-likeness (QED) is 0.351. The normalized spacial score (nSPS) is 11.1. The van der Waals surface area contributed by atoms with Crippen molar-refractivity contribution in [1.82, 2.24) is 29.3 Å². The van der Waals surface area contributed by atoms with Crippen molar-refractivity contribution < 1.29 is 4.79 Å². The van der Waals surface area contributed by atoms with Crippen LogP contribution in [0.2, 0.25) is 0 Å². The molecule has 0 spiro atoms. The number of carbonyl (C=O) groups excluding carboxylic acids is 1. The van der Waals surface area contributed by atoms with Crippen molar-refractivity contribution in [3.05, 3.63) is 84.7 Å². The van der Waals surface area contributed by atoms with Gasteiger partial charge in [0.15, 0.2) is 0 Å². The molecule has 0 radical (unpaired) electrons. The van der Waals surface area contributed by atoms with Crippen LogP contribution in [0.25, 0.3) is 33.4 Å². The Bertz CT molecular complexity index is 1610. The number of carbonyl (C=O) groups is 1. The Balaban J connectivity index is 1.60. The molecule has 1 aromatic carbocycles. The van der Waals surface area contributed by atoms with Crippen molar-refractivity contribution in [2.45, 2.75) is 20.4 Å². The number of anilines is 2. The second kappa shape index (κ2) is 9.10. The van der Waals surface area contributed by atoms with Crippen LogP contribution < -0.4 is 11.1 Å². The highest BCUT2D eigenvalue weighted by atomic mass is 16.1. The molecule has 0 aliphatic rings. The number of pyridine rings is 1. The summed E-state index contributed by atoms with van der Waals surface area (Å²) < 4.78 is 3.86. The average molecular weight is 479 g/mol. The number of nitrogen functional groups attached to an aromatic ring is 1. The molecule has 0 unspecified atom stereocenters. The number of nitrogens with zero attached hydrogens (tertiary/aromatic N) is 6. The van der Waals surface area contributed by atoms with Gasteiger partial charge in [-0.3, -0.25) is 14.5 Å². The molecule has 0 saturated carbocycles. The van der Waals surface area contributed by atoms with Gasteiger partial charge in [0.1, 0.15) is 17.8 Å². The monoisotopic (exact) mass is 478 g/mol. The van der Waals surface area contributed by atoms with Crippen molar-refractivity contribution in [1.29, 1.82) is 0 Å². The van der Waals surface area contributed by atoms with E-state index in [-0.39, 0.29) is 5.91 Å². The zero-order chi connectivity index (χ0) is 25.4. The van der Waals surface area contributed by atoms with Gasteiger partial charge < -0.3 is 15.6 Å². The van der Waals surface area contributed by atoms with Gasteiger partial charge in [-0.25, -0.2) is 9.97 Å². The molecule has 5 rings (SSSR count). The van der Waals surface area contributed by atoms with Crippen molar-refractivity contribution in [2.24, 2.45) is 7.05 Å². The largest absolute Gasteiger partial charge is 0.383 e. The smallest absolute Gasteiger partial charge is 0.250 e. The number of hydrogen-bond acceptors (Lipinski definition) is 6. The maximum atomic E-state index is 12.0. The molecule has 0 aliphatic heterocycles. The number of rotatable bonds is 6. The third kappa shape index (κ3) is 4.22. The Morgan fingerprint density at radius 2 is 1.89 bits per heavy atom. The van der Waals surface area contributed by atoms with Gasteiger partial charge in [0.25, 0.3) is 5.91 Å².